The molecule has 2 bridgehead atoms. The molecule has 3 aliphatic rings. The van der Waals surface area contributed by atoms with E-state index in [1.807, 2.05) is 6.08 Å². The zero-order chi connectivity index (χ0) is 17.9. The molecule has 1 aliphatic heterocycles. The minimum atomic E-state index is -0.650. The maximum absolute atomic E-state index is 12.1. The predicted molar refractivity (Wildman–Crippen MR) is 101 cm³/mol. The molecule has 25 heavy (non-hydrogen) atoms. The van der Waals surface area contributed by atoms with Gasteiger partial charge in [-0.05, 0) is 62.8 Å². The third-order valence-corrected chi connectivity index (χ3v) is 7.43. The number of ether oxygens (including phenoxy) is 1. The number of methoxy groups -OCH3 is 1. The molecule has 0 amide bonds. The van der Waals surface area contributed by atoms with Gasteiger partial charge in [0, 0.05) is 23.5 Å². The van der Waals surface area contributed by atoms with E-state index in [4.69, 9.17) is 4.74 Å². The van der Waals surface area contributed by atoms with Crippen LogP contribution in [0, 0.1) is 0 Å². The van der Waals surface area contributed by atoms with Gasteiger partial charge in [0.05, 0.1) is 12.7 Å². The number of rotatable bonds is 3. The first kappa shape index (κ1) is 17.1. The number of fused-ring (bicyclic) bond motifs is 1. The van der Waals surface area contributed by atoms with Gasteiger partial charge in [-0.15, -0.1) is 6.58 Å². The maximum atomic E-state index is 12.1. The second-order valence-corrected chi connectivity index (χ2v) is 8.76. The molecule has 1 saturated heterocycles. The Morgan fingerprint density at radius 2 is 2.04 bits per heavy atom. The summed E-state index contributed by atoms with van der Waals surface area (Å²) in [5.74, 6) is 0.911. The summed E-state index contributed by atoms with van der Waals surface area (Å²) in [6.45, 7) is 9.53. The van der Waals surface area contributed by atoms with Crippen LogP contribution in [0.25, 0.3) is 0 Å². The molecule has 0 unspecified atom stereocenters. The summed E-state index contributed by atoms with van der Waals surface area (Å²) in [6.07, 6.45) is 8.27. The van der Waals surface area contributed by atoms with Crippen LogP contribution in [-0.2, 0) is 11.8 Å². The van der Waals surface area contributed by atoms with E-state index in [9.17, 15) is 5.11 Å². The van der Waals surface area contributed by atoms with E-state index in [2.05, 4.69) is 43.5 Å². The van der Waals surface area contributed by atoms with Gasteiger partial charge in [-0.1, -0.05) is 25.0 Å². The van der Waals surface area contributed by atoms with E-state index < -0.39 is 5.60 Å². The van der Waals surface area contributed by atoms with E-state index >= 15 is 0 Å². The van der Waals surface area contributed by atoms with Crippen LogP contribution in [0.15, 0.2) is 30.9 Å². The highest BCUT2D eigenvalue weighted by atomic mass is 16.5. The summed E-state index contributed by atoms with van der Waals surface area (Å²) in [6, 6.07) is 6.66. The second-order valence-electron chi connectivity index (χ2n) is 8.76. The molecule has 3 atom stereocenters. The topological polar surface area (TPSA) is 32.7 Å². The fourth-order valence-electron chi connectivity index (χ4n) is 5.93. The van der Waals surface area contributed by atoms with Gasteiger partial charge in [0.15, 0.2) is 0 Å². The number of nitrogens with zero attached hydrogens (tertiary/aromatic N) is 1. The van der Waals surface area contributed by atoms with Crippen molar-refractivity contribution < 1.29 is 9.84 Å². The highest BCUT2D eigenvalue weighted by molar-refractivity contribution is 5.48. The minimum absolute atomic E-state index is 0.103. The first-order valence-electron chi connectivity index (χ1n) is 9.68. The van der Waals surface area contributed by atoms with E-state index in [1.54, 1.807) is 7.11 Å². The van der Waals surface area contributed by atoms with Gasteiger partial charge < -0.3 is 9.84 Å². The standard InChI is InChI=1S/C22H31NO2/c1-5-20(2,3)23-13-12-21-10-6-7-11-22(21,24)19(23)14-16-8-9-17(25-4)15-18(16)21/h5,8-9,15,19,24H,1,6-7,10-14H2,2-4H3/t19-,21+,22-/m1/s1. The van der Waals surface area contributed by atoms with Crippen LogP contribution >= 0.6 is 0 Å². The van der Waals surface area contributed by atoms with Gasteiger partial charge in [-0.3, -0.25) is 4.90 Å². The van der Waals surface area contributed by atoms with Crippen molar-refractivity contribution in [3.63, 3.8) is 0 Å². The summed E-state index contributed by atoms with van der Waals surface area (Å²) in [7, 11) is 1.73. The van der Waals surface area contributed by atoms with Crippen LogP contribution in [0.5, 0.6) is 5.75 Å². The number of hydrogen-bond donors (Lipinski definition) is 1. The molecule has 136 valence electrons. The Hall–Kier alpha value is -1.32. The molecule has 0 aromatic heterocycles. The minimum Gasteiger partial charge on any atom is -0.497 e. The zero-order valence-corrected chi connectivity index (χ0v) is 15.8. The Balaban J connectivity index is 1.89. The van der Waals surface area contributed by atoms with E-state index in [1.165, 1.54) is 17.5 Å². The molecule has 1 heterocycles. The molecule has 1 aromatic rings. The third-order valence-electron chi connectivity index (χ3n) is 7.43. The van der Waals surface area contributed by atoms with Crippen molar-refractivity contribution in [2.75, 3.05) is 13.7 Å². The smallest absolute Gasteiger partial charge is 0.119 e. The third kappa shape index (κ3) is 2.18. The number of aliphatic hydroxyl groups is 1. The summed E-state index contributed by atoms with van der Waals surface area (Å²) in [5.41, 5.74) is 1.87. The lowest BCUT2D eigenvalue weighted by atomic mass is 9.49. The Kier molecular flexibility index (Phi) is 3.82. The van der Waals surface area contributed by atoms with Gasteiger partial charge in [-0.2, -0.15) is 0 Å². The SMILES string of the molecule is C=CC(C)(C)N1CC[C@]23CCCC[C@@]2(O)[C@H]1Cc1ccc(OC)cc13. The summed E-state index contributed by atoms with van der Waals surface area (Å²) >= 11 is 0. The van der Waals surface area contributed by atoms with Crippen molar-refractivity contribution in [2.24, 2.45) is 0 Å². The average Bonchev–Trinajstić information content (AvgIpc) is 2.61. The molecule has 4 rings (SSSR count). The lowest BCUT2D eigenvalue weighted by molar-refractivity contribution is -0.179. The molecular weight excluding hydrogens is 310 g/mol. The molecule has 2 fully saturated rings. The number of likely N-dealkylation sites (tertiary alicyclic amines) is 1. The summed E-state index contributed by atoms with van der Waals surface area (Å²) in [4.78, 5) is 2.51. The molecule has 0 spiro atoms. The van der Waals surface area contributed by atoms with E-state index in [0.29, 0.717) is 0 Å². The molecular formula is C22H31NO2. The zero-order valence-electron chi connectivity index (χ0n) is 15.8. The van der Waals surface area contributed by atoms with Crippen LogP contribution < -0.4 is 4.74 Å². The second kappa shape index (κ2) is 5.59. The first-order chi connectivity index (χ1) is 11.9. The van der Waals surface area contributed by atoms with Crippen LogP contribution in [0.3, 0.4) is 0 Å². The van der Waals surface area contributed by atoms with Crippen LogP contribution in [0.1, 0.15) is 57.1 Å². The normalized spacial score (nSPS) is 34.8. The van der Waals surface area contributed by atoms with E-state index in [-0.39, 0.29) is 17.0 Å². The van der Waals surface area contributed by atoms with Gasteiger partial charge in [-0.25, -0.2) is 0 Å². The molecule has 0 radical (unpaired) electrons. The quantitative estimate of drug-likeness (QED) is 0.848. The van der Waals surface area contributed by atoms with E-state index in [0.717, 1.165) is 44.4 Å². The number of hydrogen-bond acceptors (Lipinski definition) is 3. The van der Waals surface area contributed by atoms with Crippen molar-refractivity contribution in [3.8, 4) is 5.75 Å². The molecule has 1 aromatic carbocycles. The molecule has 1 N–H and O–H groups in total. The van der Waals surface area contributed by atoms with Gasteiger partial charge in [0.2, 0.25) is 0 Å². The lowest BCUT2D eigenvalue weighted by Crippen LogP contribution is -2.74. The maximum Gasteiger partial charge on any atom is 0.119 e. The number of benzene rings is 1. The Morgan fingerprint density at radius 3 is 2.76 bits per heavy atom. The Labute approximate surface area is 151 Å². The van der Waals surface area contributed by atoms with Crippen molar-refractivity contribution in [1.82, 2.24) is 4.90 Å². The number of piperidine rings is 1. The molecule has 2 aliphatic carbocycles. The van der Waals surface area contributed by atoms with Crippen LogP contribution in [0.2, 0.25) is 0 Å². The summed E-state index contributed by atoms with van der Waals surface area (Å²) < 4.78 is 5.51. The fraction of sp³-hybridized carbons (Fsp3) is 0.636. The van der Waals surface area contributed by atoms with Crippen molar-refractivity contribution >= 4 is 0 Å². The summed E-state index contributed by atoms with van der Waals surface area (Å²) in [5, 5.41) is 12.1. The molecule has 3 heteroatoms. The highest BCUT2D eigenvalue weighted by Crippen LogP contribution is 2.59. The van der Waals surface area contributed by atoms with Gasteiger partial charge >= 0.3 is 0 Å². The van der Waals surface area contributed by atoms with Crippen LogP contribution in [-0.4, -0.2) is 40.8 Å². The Bertz CT molecular complexity index is 697. The van der Waals surface area contributed by atoms with Crippen molar-refractivity contribution in [3.05, 3.63) is 42.0 Å². The lowest BCUT2D eigenvalue weighted by Gasteiger charge is -2.65. The molecule has 1 saturated carbocycles. The molecule has 3 nitrogen and oxygen atoms in total. The monoisotopic (exact) mass is 341 g/mol. The predicted octanol–water partition coefficient (Wildman–Crippen LogP) is 3.83. The van der Waals surface area contributed by atoms with Gasteiger partial charge in [0.1, 0.15) is 5.75 Å². The van der Waals surface area contributed by atoms with Gasteiger partial charge in [0.25, 0.3) is 0 Å². The van der Waals surface area contributed by atoms with Crippen molar-refractivity contribution in [2.45, 2.75) is 75.0 Å². The Morgan fingerprint density at radius 1 is 1.28 bits per heavy atom. The first-order valence-corrected chi connectivity index (χ1v) is 9.68. The largest absolute Gasteiger partial charge is 0.497 e. The van der Waals surface area contributed by atoms with Crippen LogP contribution in [0.4, 0.5) is 0 Å². The average molecular weight is 341 g/mol. The fourth-order valence-corrected chi connectivity index (χ4v) is 5.93. The highest BCUT2D eigenvalue weighted by Gasteiger charge is 2.64. The van der Waals surface area contributed by atoms with Crippen molar-refractivity contribution in [1.29, 1.82) is 0 Å².